The van der Waals surface area contributed by atoms with E-state index in [4.69, 9.17) is 4.74 Å². The van der Waals surface area contributed by atoms with Crippen molar-refractivity contribution in [3.05, 3.63) is 76.9 Å². The summed E-state index contributed by atoms with van der Waals surface area (Å²) in [5.41, 5.74) is 5.61. The quantitative estimate of drug-likeness (QED) is 0.717. The summed E-state index contributed by atoms with van der Waals surface area (Å²) in [4.78, 5) is 11.6. The Balaban J connectivity index is 2.51. The average Bonchev–Trinajstić information content (AvgIpc) is 2.60. The van der Waals surface area contributed by atoms with Crippen molar-refractivity contribution in [2.75, 3.05) is 7.11 Å². The van der Waals surface area contributed by atoms with Crippen LogP contribution in [-0.2, 0) is 4.74 Å². The Morgan fingerprint density at radius 2 is 1.32 bits per heavy atom. The van der Waals surface area contributed by atoms with E-state index in [2.05, 4.69) is 38.1 Å². The third-order valence-corrected chi connectivity index (χ3v) is 3.86. The minimum Gasteiger partial charge on any atom is -0.465 e. The fraction of sp³-hybridized carbons (Fsp3) is 0.250. The van der Waals surface area contributed by atoms with Gasteiger partial charge in [-0.2, -0.15) is 0 Å². The first-order chi connectivity index (χ1) is 10.7. The molecule has 0 fully saturated rings. The van der Waals surface area contributed by atoms with E-state index in [1.54, 1.807) is 0 Å². The smallest absolute Gasteiger partial charge is 0.337 e. The standard InChI is InChI=1S/C20H22O2/c1-4-15(5-2)19(16-9-7-6-8-10-16)17-11-13-18(14-12-17)20(21)22-3/h6-14H,4-5H2,1-3H3. The Hall–Kier alpha value is -2.35. The van der Waals surface area contributed by atoms with Crippen LogP contribution in [0.5, 0.6) is 0 Å². The topological polar surface area (TPSA) is 26.3 Å². The Kier molecular flexibility index (Phi) is 5.54. The van der Waals surface area contributed by atoms with Gasteiger partial charge in [0.25, 0.3) is 0 Å². The monoisotopic (exact) mass is 294 g/mol. The van der Waals surface area contributed by atoms with Gasteiger partial charge in [0.15, 0.2) is 0 Å². The number of hydrogen-bond donors (Lipinski definition) is 0. The summed E-state index contributed by atoms with van der Waals surface area (Å²) < 4.78 is 4.76. The van der Waals surface area contributed by atoms with E-state index in [9.17, 15) is 4.79 Å². The number of allylic oxidation sites excluding steroid dienone is 1. The zero-order valence-electron chi connectivity index (χ0n) is 13.4. The summed E-state index contributed by atoms with van der Waals surface area (Å²) in [6, 6.07) is 18.1. The molecule has 0 saturated heterocycles. The molecule has 2 heteroatoms. The molecule has 114 valence electrons. The summed E-state index contributed by atoms with van der Waals surface area (Å²) >= 11 is 0. The summed E-state index contributed by atoms with van der Waals surface area (Å²) in [5, 5.41) is 0. The highest BCUT2D eigenvalue weighted by Gasteiger charge is 2.11. The van der Waals surface area contributed by atoms with Crippen LogP contribution in [0.1, 0.15) is 48.2 Å². The molecular formula is C20H22O2. The molecule has 0 atom stereocenters. The molecule has 22 heavy (non-hydrogen) atoms. The van der Waals surface area contributed by atoms with E-state index in [1.165, 1.54) is 23.8 Å². The molecule has 2 rings (SSSR count). The van der Waals surface area contributed by atoms with E-state index in [0.29, 0.717) is 5.56 Å². The lowest BCUT2D eigenvalue weighted by atomic mass is 9.90. The molecule has 0 spiro atoms. The number of hydrogen-bond acceptors (Lipinski definition) is 2. The van der Waals surface area contributed by atoms with Gasteiger partial charge in [-0.1, -0.05) is 61.9 Å². The van der Waals surface area contributed by atoms with Gasteiger partial charge in [0.2, 0.25) is 0 Å². The van der Waals surface area contributed by atoms with Crippen molar-refractivity contribution in [1.29, 1.82) is 0 Å². The molecule has 0 aliphatic rings. The molecule has 0 aliphatic carbocycles. The van der Waals surface area contributed by atoms with Crippen LogP contribution in [0.25, 0.3) is 5.57 Å². The van der Waals surface area contributed by atoms with Crippen LogP contribution in [0.2, 0.25) is 0 Å². The molecule has 0 aromatic heterocycles. The minimum atomic E-state index is -0.303. The minimum absolute atomic E-state index is 0.303. The maximum Gasteiger partial charge on any atom is 0.337 e. The lowest BCUT2D eigenvalue weighted by molar-refractivity contribution is 0.0600. The van der Waals surface area contributed by atoms with Gasteiger partial charge < -0.3 is 4.74 Å². The first-order valence-corrected chi connectivity index (χ1v) is 7.67. The van der Waals surface area contributed by atoms with E-state index < -0.39 is 0 Å². The summed E-state index contributed by atoms with van der Waals surface area (Å²) in [7, 11) is 1.40. The summed E-state index contributed by atoms with van der Waals surface area (Å²) in [5.74, 6) is -0.303. The lowest BCUT2D eigenvalue weighted by Gasteiger charge is -2.15. The zero-order valence-corrected chi connectivity index (χ0v) is 13.4. The molecular weight excluding hydrogens is 272 g/mol. The van der Waals surface area contributed by atoms with Crippen LogP contribution in [0.15, 0.2) is 60.2 Å². The van der Waals surface area contributed by atoms with E-state index in [1.807, 2.05) is 30.3 Å². The Morgan fingerprint density at radius 3 is 1.82 bits per heavy atom. The second-order valence-electron chi connectivity index (χ2n) is 5.12. The van der Waals surface area contributed by atoms with Crippen LogP contribution >= 0.6 is 0 Å². The normalized spacial score (nSPS) is 10.1. The second-order valence-corrected chi connectivity index (χ2v) is 5.12. The van der Waals surface area contributed by atoms with Crippen LogP contribution in [0, 0.1) is 0 Å². The molecule has 0 aliphatic heterocycles. The maximum atomic E-state index is 11.6. The van der Waals surface area contributed by atoms with Crippen molar-refractivity contribution in [3.8, 4) is 0 Å². The molecule has 0 bridgehead atoms. The fourth-order valence-electron chi connectivity index (χ4n) is 2.67. The first kappa shape index (κ1) is 16.0. The number of benzene rings is 2. The molecule has 2 nitrogen and oxygen atoms in total. The summed E-state index contributed by atoms with van der Waals surface area (Å²) in [6.07, 6.45) is 2.03. The van der Waals surface area contributed by atoms with Crippen LogP contribution < -0.4 is 0 Å². The van der Waals surface area contributed by atoms with E-state index >= 15 is 0 Å². The summed E-state index contributed by atoms with van der Waals surface area (Å²) in [6.45, 7) is 4.37. The van der Waals surface area contributed by atoms with Crippen molar-refractivity contribution in [2.45, 2.75) is 26.7 Å². The fourth-order valence-corrected chi connectivity index (χ4v) is 2.67. The number of methoxy groups -OCH3 is 1. The molecule has 0 radical (unpaired) electrons. The van der Waals surface area contributed by atoms with Gasteiger partial charge in [-0.15, -0.1) is 0 Å². The number of esters is 1. The maximum absolute atomic E-state index is 11.6. The highest BCUT2D eigenvalue weighted by Crippen LogP contribution is 2.30. The predicted octanol–water partition coefficient (Wildman–Crippen LogP) is 5.10. The van der Waals surface area contributed by atoms with Crippen molar-refractivity contribution in [3.63, 3.8) is 0 Å². The van der Waals surface area contributed by atoms with Gasteiger partial charge >= 0.3 is 5.97 Å². The number of carbonyl (C=O) groups is 1. The third-order valence-electron chi connectivity index (χ3n) is 3.86. The number of ether oxygens (including phenoxy) is 1. The van der Waals surface area contributed by atoms with Crippen molar-refractivity contribution in [1.82, 2.24) is 0 Å². The number of rotatable bonds is 5. The van der Waals surface area contributed by atoms with E-state index in [0.717, 1.165) is 18.4 Å². The van der Waals surface area contributed by atoms with Gasteiger partial charge in [0, 0.05) is 0 Å². The van der Waals surface area contributed by atoms with Gasteiger partial charge in [0.1, 0.15) is 0 Å². The molecule has 0 unspecified atom stereocenters. The molecule has 0 heterocycles. The Bertz CT molecular complexity index is 646. The zero-order chi connectivity index (χ0) is 15.9. The molecule has 0 amide bonds. The Morgan fingerprint density at radius 1 is 0.818 bits per heavy atom. The SMILES string of the molecule is CCC(CC)=C(c1ccccc1)c1ccc(C(=O)OC)cc1. The van der Waals surface area contributed by atoms with E-state index in [-0.39, 0.29) is 5.97 Å². The average molecular weight is 294 g/mol. The lowest BCUT2D eigenvalue weighted by Crippen LogP contribution is -2.01. The molecule has 0 N–H and O–H groups in total. The molecule has 2 aromatic carbocycles. The van der Waals surface area contributed by atoms with Crippen molar-refractivity contribution < 1.29 is 9.53 Å². The molecule has 0 saturated carbocycles. The van der Waals surface area contributed by atoms with Crippen LogP contribution in [0.4, 0.5) is 0 Å². The molecule has 2 aromatic rings. The van der Waals surface area contributed by atoms with Crippen LogP contribution in [-0.4, -0.2) is 13.1 Å². The number of carbonyl (C=O) groups excluding carboxylic acids is 1. The highest BCUT2D eigenvalue weighted by molar-refractivity contribution is 5.90. The largest absolute Gasteiger partial charge is 0.465 e. The van der Waals surface area contributed by atoms with Gasteiger partial charge in [-0.05, 0) is 41.7 Å². The van der Waals surface area contributed by atoms with Crippen LogP contribution in [0.3, 0.4) is 0 Å². The van der Waals surface area contributed by atoms with Crippen molar-refractivity contribution in [2.24, 2.45) is 0 Å². The van der Waals surface area contributed by atoms with Crippen molar-refractivity contribution >= 4 is 11.5 Å². The van der Waals surface area contributed by atoms with Gasteiger partial charge in [-0.25, -0.2) is 4.79 Å². The second kappa shape index (κ2) is 7.60. The Labute approximate surface area is 132 Å². The first-order valence-electron chi connectivity index (χ1n) is 7.67. The van der Waals surface area contributed by atoms with Gasteiger partial charge in [-0.3, -0.25) is 0 Å². The van der Waals surface area contributed by atoms with Gasteiger partial charge in [0.05, 0.1) is 12.7 Å². The highest BCUT2D eigenvalue weighted by atomic mass is 16.5. The predicted molar refractivity (Wildman–Crippen MR) is 90.8 cm³/mol. The third kappa shape index (κ3) is 3.45.